The first kappa shape index (κ1) is 39.1. The van der Waals surface area contributed by atoms with E-state index >= 15 is 0 Å². The molecular formula is C62H40N6. The Balaban J connectivity index is 1.10. The molecule has 0 saturated carbocycles. The Morgan fingerprint density at radius 1 is 0.265 bits per heavy atom. The Morgan fingerprint density at radius 2 is 0.721 bits per heavy atom. The third kappa shape index (κ3) is 6.66. The second kappa shape index (κ2) is 16.3. The number of pyridine rings is 1. The molecule has 0 aliphatic rings. The average molecular weight is 869 g/mol. The fraction of sp³-hybridized carbons (Fsp3) is 0. The first-order valence-electron chi connectivity index (χ1n) is 22.9. The van der Waals surface area contributed by atoms with Gasteiger partial charge in [0.1, 0.15) is 0 Å². The minimum atomic E-state index is 0.547. The Kier molecular flexibility index (Phi) is 9.39. The molecule has 13 aromatic rings. The number of benzene rings is 9. The van der Waals surface area contributed by atoms with E-state index in [9.17, 15) is 0 Å². The molecule has 6 heteroatoms. The van der Waals surface area contributed by atoms with E-state index in [2.05, 4.69) is 215 Å². The van der Waals surface area contributed by atoms with Crippen molar-refractivity contribution in [3.63, 3.8) is 0 Å². The van der Waals surface area contributed by atoms with Gasteiger partial charge in [-0.05, 0) is 53.1 Å². The molecule has 0 amide bonds. The highest BCUT2D eigenvalue weighted by Gasteiger charge is 2.25. The lowest BCUT2D eigenvalue weighted by molar-refractivity contribution is 0.953. The van der Waals surface area contributed by atoms with Crippen LogP contribution in [0.15, 0.2) is 243 Å². The third-order valence-electron chi connectivity index (χ3n) is 13.0. The third-order valence-corrected chi connectivity index (χ3v) is 13.0. The van der Waals surface area contributed by atoms with Crippen LogP contribution >= 0.6 is 0 Å². The van der Waals surface area contributed by atoms with Gasteiger partial charge in [-0.3, -0.25) is 4.57 Å². The first-order valence-corrected chi connectivity index (χ1v) is 22.9. The molecule has 0 aliphatic heterocycles. The summed E-state index contributed by atoms with van der Waals surface area (Å²) in [5.41, 5.74) is 15.4. The van der Waals surface area contributed by atoms with E-state index in [1.165, 1.54) is 5.56 Å². The van der Waals surface area contributed by atoms with Crippen molar-refractivity contribution in [2.45, 2.75) is 0 Å². The van der Waals surface area contributed by atoms with Crippen LogP contribution in [0.25, 0.3) is 123 Å². The lowest BCUT2D eigenvalue weighted by atomic mass is 9.97. The molecule has 4 heterocycles. The summed E-state index contributed by atoms with van der Waals surface area (Å²) in [5, 5.41) is 4.50. The van der Waals surface area contributed by atoms with Crippen LogP contribution in [0, 0.1) is 0 Å². The predicted octanol–water partition coefficient (Wildman–Crippen LogP) is 15.5. The van der Waals surface area contributed by atoms with E-state index in [1.807, 2.05) is 36.4 Å². The molecular weight excluding hydrogens is 829 g/mol. The van der Waals surface area contributed by atoms with E-state index in [1.54, 1.807) is 0 Å². The summed E-state index contributed by atoms with van der Waals surface area (Å²) in [5.74, 6) is 1.76. The molecule has 0 bridgehead atoms. The number of hydrogen-bond acceptors (Lipinski definition) is 4. The Labute approximate surface area is 392 Å². The van der Waals surface area contributed by atoms with E-state index in [-0.39, 0.29) is 0 Å². The van der Waals surface area contributed by atoms with Crippen LogP contribution in [-0.4, -0.2) is 29.1 Å². The van der Waals surface area contributed by atoms with Crippen molar-refractivity contribution in [3.05, 3.63) is 243 Å². The quantitative estimate of drug-likeness (QED) is 0.153. The standard InChI is InChI=1S/C62H40N6/c1-5-20-41(21-6-1)45-28-19-29-46(38-45)54-40-47(39-53(63-54)42-22-7-2-8-23-42)48-30-13-16-33-55(48)67-56-34-17-14-31-49(56)51-36-37-52-50-32-15-18-35-57(50)68(59(52)58(51)67)62-65-60(43-24-9-3-10-25-43)64-61(66-62)44-26-11-4-12-27-44/h1-40H. The molecule has 68 heavy (non-hydrogen) atoms. The molecule has 6 nitrogen and oxygen atoms in total. The summed E-state index contributed by atoms with van der Waals surface area (Å²) >= 11 is 0. The molecule has 0 atom stereocenters. The second-order valence-electron chi connectivity index (χ2n) is 17.0. The average Bonchev–Trinajstić information content (AvgIpc) is 3.95. The second-order valence-corrected chi connectivity index (χ2v) is 17.0. The number of hydrogen-bond donors (Lipinski definition) is 0. The number of rotatable bonds is 8. The van der Waals surface area contributed by atoms with Gasteiger partial charge in [0, 0.05) is 49.4 Å². The lowest BCUT2D eigenvalue weighted by Gasteiger charge is -2.17. The van der Waals surface area contributed by atoms with Crippen LogP contribution in [0.5, 0.6) is 0 Å². The van der Waals surface area contributed by atoms with E-state index in [0.717, 1.165) is 99.6 Å². The van der Waals surface area contributed by atoms with E-state index in [0.29, 0.717) is 17.6 Å². The number of fused-ring (bicyclic) bond motifs is 7. The number of aromatic nitrogens is 6. The molecule has 0 unspecified atom stereocenters. The van der Waals surface area contributed by atoms with Crippen molar-refractivity contribution in [2.75, 3.05) is 0 Å². The van der Waals surface area contributed by atoms with Gasteiger partial charge in [0.2, 0.25) is 5.95 Å². The molecule has 0 aliphatic carbocycles. The van der Waals surface area contributed by atoms with Gasteiger partial charge in [-0.1, -0.05) is 206 Å². The SMILES string of the molecule is c1ccc(-c2cccc(-c3cc(-c4ccccc4-n4c5ccccc5c5ccc6c7ccccc7n(-c7nc(-c8ccccc8)nc(-c8ccccc8)n7)c6c54)cc(-c4ccccc4)n3)c2)cc1. The summed E-state index contributed by atoms with van der Waals surface area (Å²) in [6.07, 6.45) is 0. The highest BCUT2D eigenvalue weighted by Crippen LogP contribution is 2.44. The Morgan fingerprint density at radius 3 is 1.34 bits per heavy atom. The fourth-order valence-electron chi connectivity index (χ4n) is 9.85. The summed E-state index contributed by atoms with van der Waals surface area (Å²) in [4.78, 5) is 21.1. The van der Waals surface area contributed by atoms with Crippen molar-refractivity contribution in [2.24, 2.45) is 0 Å². The van der Waals surface area contributed by atoms with E-state index < -0.39 is 0 Å². The summed E-state index contributed by atoms with van der Waals surface area (Å²) < 4.78 is 4.71. The van der Waals surface area contributed by atoms with Crippen molar-refractivity contribution in [1.82, 2.24) is 29.1 Å². The van der Waals surface area contributed by atoms with Crippen molar-refractivity contribution < 1.29 is 0 Å². The molecule has 0 saturated heterocycles. The zero-order valence-electron chi connectivity index (χ0n) is 36.8. The number of nitrogens with zero attached hydrogens (tertiary/aromatic N) is 6. The van der Waals surface area contributed by atoms with Crippen LogP contribution in [-0.2, 0) is 0 Å². The monoisotopic (exact) mass is 868 g/mol. The number of para-hydroxylation sites is 3. The smallest absolute Gasteiger partial charge is 0.238 e. The minimum absolute atomic E-state index is 0.547. The predicted molar refractivity (Wildman–Crippen MR) is 279 cm³/mol. The van der Waals surface area contributed by atoms with Crippen LogP contribution < -0.4 is 0 Å². The van der Waals surface area contributed by atoms with Gasteiger partial charge in [-0.2, -0.15) is 9.97 Å². The highest BCUT2D eigenvalue weighted by molar-refractivity contribution is 6.24. The maximum atomic E-state index is 5.37. The maximum Gasteiger partial charge on any atom is 0.238 e. The molecule has 0 N–H and O–H groups in total. The first-order chi connectivity index (χ1) is 33.7. The largest absolute Gasteiger partial charge is 0.307 e. The highest BCUT2D eigenvalue weighted by atomic mass is 15.2. The van der Waals surface area contributed by atoms with Gasteiger partial charge < -0.3 is 4.57 Å². The van der Waals surface area contributed by atoms with Crippen LogP contribution in [0.4, 0.5) is 0 Å². The Hall–Kier alpha value is -9.26. The van der Waals surface area contributed by atoms with Crippen LogP contribution in [0.1, 0.15) is 0 Å². The van der Waals surface area contributed by atoms with Crippen molar-refractivity contribution in [1.29, 1.82) is 0 Å². The normalized spacial score (nSPS) is 11.5. The topological polar surface area (TPSA) is 61.4 Å². The summed E-state index contributed by atoms with van der Waals surface area (Å²) in [7, 11) is 0. The fourth-order valence-corrected chi connectivity index (χ4v) is 9.85. The molecule has 0 radical (unpaired) electrons. The zero-order chi connectivity index (χ0) is 45.0. The molecule has 318 valence electrons. The van der Waals surface area contributed by atoms with E-state index in [4.69, 9.17) is 19.9 Å². The lowest BCUT2D eigenvalue weighted by Crippen LogP contribution is -2.07. The van der Waals surface area contributed by atoms with Gasteiger partial charge in [0.15, 0.2) is 11.6 Å². The van der Waals surface area contributed by atoms with Gasteiger partial charge in [-0.15, -0.1) is 0 Å². The molecule has 0 fully saturated rings. The van der Waals surface area contributed by atoms with Crippen LogP contribution in [0.3, 0.4) is 0 Å². The molecule has 4 aromatic heterocycles. The molecule has 0 spiro atoms. The van der Waals surface area contributed by atoms with Gasteiger partial charge in [0.25, 0.3) is 0 Å². The van der Waals surface area contributed by atoms with Crippen molar-refractivity contribution in [3.8, 4) is 79.2 Å². The van der Waals surface area contributed by atoms with Gasteiger partial charge in [0.05, 0.1) is 39.1 Å². The van der Waals surface area contributed by atoms with Crippen molar-refractivity contribution >= 4 is 43.6 Å². The summed E-state index contributed by atoms with van der Waals surface area (Å²) in [6, 6.07) is 85.2. The molecule has 9 aromatic carbocycles. The van der Waals surface area contributed by atoms with Gasteiger partial charge in [-0.25, -0.2) is 9.97 Å². The van der Waals surface area contributed by atoms with Gasteiger partial charge >= 0.3 is 0 Å². The maximum absolute atomic E-state index is 5.37. The zero-order valence-corrected chi connectivity index (χ0v) is 36.8. The summed E-state index contributed by atoms with van der Waals surface area (Å²) in [6.45, 7) is 0. The minimum Gasteiger partial charge on any atom is -0.307 e. The molecule has 13 rings (SSSR count). The van der Waals surface area contributed by atoms with Crippen LogP contribution in [0.2, 0.25) is 0 Å². The Bertz CT molecular complexity index is 3950.